The lowest BCUT2D eigenvalue weighted by Crippen LogP contribution is -2.23. The van der Waals surface area contributed by atoms with Gasteiger partial charge in [0.05, 0.1) is 11.0 Å². The zero-order valence-corrected chi connectivity index (χ0v) is 13.7. The van der Waals surface area contributed by atoms with Crippen molar-refractivity contribution in [1.29, 1.82) is 0 Å². The monoisotopic (exact) mass is 285 g/mol. The van der Waals surface area contributed by atoms with Gasteiger partial charge in [0, 0.05) is 19.5 Å². The van der Waals surface area contributed by atoms with E-state index in [9.17, 15) is 0 Å². The number of aromatic nitrogens is 2. The minimum atomic E-state index is 0.682. The van der Waals surface area contributed by atoms with Crippen LogP contribution in [-0.2, 0) is 13.0 Å². The highest BCUT2D eigenvalue weighted by Gasteiger charge is 2.10. The molecule has 0 saturated heterocycles. The second-order valence-electron chi connectivity index (χ2n) is 6.41. The summed E-state index contributed by atoms with van der Waals surface area (Å²) in [5.41, 5.74) is 4.72. The first-order chi connectivity index (χ1) is 9.97. The fraction of sp³-hybridized carbons (Fsp3) is 0.500. The molecule has 1 aromatic carbocycles. The zero-order chi connectivity index (χ0) is 15.4. The number of rotatable bonds is 7. The number of aryl methyl sites for hydroxylation is 1. The number of nitrogens with zero attached hydrogens (tertiary/aromatic N) is 2. The molecule has 0 fully saturated rings. The molecule has 0 aliphatic heterocycles. The molecule has 0 bridgehead atoms. The lowest BCUT2D eigenvalue weighted by Gasteiger charge is -2.10. The summed E-state index contributed by atoms with van der Waals surface area (Å²) in [6.07, 6.45) is 0.952. The minimum Gasteiger partial charge on any atom is -0.324 e. The molecule has 3 nitrogen and oxygen atoms in total. The number of hydrogen-bond acceptors (Lipinski definition) is 2. The molecule has 0 unspecified atom stereocenters. The largest absolute Gasteiger partial charge is 0.324 e. The van der Waals surface area contributed by atoms with Crippen LogP contribution < -0.4 is 5.32 Å². The van der Waals surface area contributed by atoms with Gasteiger partial charge < -0.3 is 9.88 Å². The number of fused-ring (bicyclic) bond motifs is 1. The number of allylic oxidation sites excluding steroid dienone is 1. The van der Waals surface area contributed by atoms with Crippen LogP contribution in [0.1, 0.15) is 32.2 Å². The van der Waals surface area contributed by atoms with Gasteiger partial charge in [0.2, 0.25) is 0 Å². The van der Waals surface area contributed by atoms with E-state index >= 15 is 0 Å². The van der Waals surface area contributed by atoms with Gasteiger partial charge in [0.15, 0.2) is 0 Å². The van der Waals surface area contributed by atoms with E-state index in [1.54, 1.807) is 0 Å². The highest BCUT2D eigenvalue weighted by molar-refractivity contribution is 5.77. The lowest BCUT2D eigenvalue weighted by molar-refractivity contribution is 0.546. The van der Waals surface area contributed by atoms with Gasteiger partial charge in [-0.2, -0.15) is 0 Å². The summed E-state index contributed by atoms with van der Waals surface area (Å²) in [5.74, 6) is 1.83. The third kappa shape index (κ3) is 4.18. The van der Waals surface area contributed by atoms with E-state index in [1.165, 1.54) is 11.1 Å². The summed E-state index contributed by atoms with van der Waals surface area (Å²) in [5, 5.41) is 3.49. The van der Waals surface area contributed by atoms with Crippen LogP contribution in [0.3, 0.4) is 0 Å². The summed E-state index contributed by atoms with van der Waals surface area (Å²) in [6.45, 7) is 15.6. The molecular weight excluding hydrogens is 258 g/mol. The maximum Gasteiger partial charge on any atom is 0.111 e. The summed E-state index contributed by atoms with van der Waals surface area (Å²) < 4.78 is 2.30. The van der Waals surface area contributed by atoms with E-state index < -0.39 is 0 Å². The second-order valence-corrected chi connectivity index (χ2v) is 6.41. The minimum absolute atomic E-state index is 0.682. The summed E-state index contributed by atoms with van der Waals surface area (Å²) in [6, 6.07) is 6.49. The van der Waals surface area contributed by atoms with Gasteiger partial charge in [0.25, 0.3) is 0 Å². The summed E-state index contributed by atoms with van der Waals surface area (Å²) in [7, 11) is 0. The van der Waals surface area contributed by atoms with Crippen molar-refractivity contribution in [3.05, 3.63) is 41.7 Å². The van der Waals surface area contributed by atoms with Gasteiger partial charge in [-0.1, -0.05) is 32.1 Å². The molecule has 1 heterocycles. The average Bonchev–Trinajstić information content (AvgIpc) is 2.71. The standard InChI is InChI=1S/C18H27N3/c1-13(2)11-19-9-8-18-20-16-10-15(5)6-7-17(16)21(18)12-14(3)4/h6-7,10,13,19H,3,8-9,11-12H2,1-2,4-5H3. The molecule has 0 aliphatic carbocycles. The predicted molar refractivity (Wildman–Crippen MR) is 90.7 cm³/mol. The Kier molecular flexibility index (Phi) is 5.18. The number of nitrogens with one attached hydrogen (secondary N) is 1. The summed E-state index contributed by atoms with van der Waals surface area (Å²) in [4.78, 5) is 4.83. The van der Waals surface area contributed by atoms with Gasteiger partial charge in [-0.3, -0.25) is 0 Å². The maximum atomic E-state index is 4.83. The van der Waals surface area contributed by atoms with Crippen molar-refractivity contribution in [2.75, 3.05) is 13.1 Å². The highest BCUT2D eigenvalue weighted by Crippen LogP contribution is 2.19. The van der Waals surface area contributed by atoms with Gasteiger partial charge in [-0.25, -0.2) is 4.98 Å². The van der Waals surface area contributed by atoms with Crippen LogP contribution in [0.2, 0.25) is 0 Å². The molecule has 2 rings (SSSR count). The third-order valence-electron chi connectivity index (χ3n) is 3.49. The Bertz CT molecular complexity index is 623. The third-order valence-corrected chi connectivity index (χ3v) is 3.49. The van der Waals surface area contributed by atoms with E-state index in [4.69, 9.17) is 4.98 Å². The van der Waals surface area contributed by atoms with Gasteiger partial charge in [0.1, 0.15) is 5.82 Å². The fourth-order valence-corrected chi connectivity index (χ4v) is 2.52. The van der Waals surface area contributed by atoms with Crippen LogP contribution in [0.5, 0.6) is 0 Å². The predicted octanol–water partition coefficient (Wildman–Crippen LogP) is 3.71. The van der Waals surface area contributed by atoms with Crippen LogP contribution in [-0.4, -0.2) is 22.6 Å². The molecule has 0 spiro atoms. The van der Waals surface area contributed by atoms with E-state index in [0.717, 1.165) is 43.0 Å². The Labute approximate surface area is 128 Å². The Morgan fingerprint density at radius 2 is 2.14 bits per heavy atom. The first-order valence-corrected chi connectivity index (χ1v) is 7.78. The van der Waals surface area contributed by atoms with E-state index in [-0.39, 0.29) is 0 Å². The van der Waals surface area contributed by atoms with Crippen molar-refractivity contribution in [2.45, 2.75) is 40.7 Å². The molecule has 114 valence electrons. The first-order valence-electron chi connectivity index (χ1n) is 7.78. The zero-order valence-electron chi connectivity index (χ0n) is 13.7. The molecular formula is C18H27N3. The van der Waals surface area contributed by atoms with E-state index in [1.807, 2.05) is 0 Å². The van der Waals surface area contributed by atoms with Crippen molar-refractivity contribution in [1.82, 2.24) is 14.9 Å². The molecule has 1 N–H and O–H groups in total. The number of benzene rings is 1. The van der Waals surface area contributed by atoms with Crippen molar-refractivity contribution in [3.8, 4) is 0 Å². The normalized spacial score (nSPS) is 11.5. The van der Waals surface area contributed by atoms with Crippen LogP contribution in [0.4, 0.5) is 0 Å². The topological polar surface area (TPSA) is 29.9 Å². The van der Waals surface area contributed by atoms with E-state index in [0.29, 0.717) is 5.92 Å². The Hall–Kier alpha value is -1.61. The lowest BCUT2D eigenvalue weighted by atomic mass is 10.2. The molecule has 0 saturated carbocycles. The molecule has 0 atom stereocenters. The molecule has 1 aromatic heterocycles. The average molecular weight is 285 g/mol. The SMILES string of the molecule is C=C(C)Cn1c(CCNCC(C)C)nc2cc(C)ccc21. The molecule has 0 amide bonds. The number of imidazole rings is 1. The van der Waals surface area contributed by atoms with Crippen molar-refractivity contribution >= 4 is 11.0 Å². The van der Waals surface area contributed by atoms with E-state index in [2.05, 4.69) is 62.4 Å². The Balaban J connectivity index is 2.21. The smallest absolute Gasteiger partial charge is 0.111 e. The van der Waals surface area contributed by atoms with Gasteiger partial charge in [-0.05, 0) is 44.0 Å². The Morgan fingerprint density at radius 1 is 1.38 bits per heavy atom. The number of hydrogen-bond donors (Lipinski definition) is 1. The molecule has 21 heavy (non-hydrogen) atoms. The van der Waals surface area contributed by atoms with Crippen LogP contribution in [0, 0.1) is 12.8 Å². The molecule has 3 heteroatoms. The first kappa shape index (κ1) is 15.8. The molecule has 0 aliphatic rings. The van der Waals surface area contributed by atoms with Gasteiger partial charge in [-0.15, -0.1) is 0 Å². The summed E-state index contributed by atoms with van der Waals surface area (Å²) >= 11 is 0. The second kappa shape index (κ2) is 6.90. The Morgan fingerprint density at radius 3 is 2.81 bits per heavy atom. The van der Waals surface area contributed by atoms with Crippen LogP contribution in [0.15, 0.2) is 30.4 Å². The van der Waals surface area contributed by atoms with Crippen molar-refractivity contribution in [2.24, 2.45) is 5.92 Å². The van der Waals surface area contributed by atoms with Crippen molar-refractivity contribution < 1.29 is 0 Å². The quantitative estimate of drug-likeness (QED) is 0.621. The molecule has 0 radical (unpaired) electrons. The maximum absolute atomic E-state index is 4.83. The molecule has 2 aromatic rings. The fourth-order valence-electron chi connectivity index (χ4n) is 2.52. The van der Waals surface area contributed by atoms with Gasteiger partial charge >= 0.3 is 0 Å². The van der Waals surface area contributed by atoms with Crippen LogP contribution >= 0.6 is 0 Å². The van der Waals surface area contributed by atoms with Crippen molar-refractivity contribution in [3.63, 3.8) is 0 Å². The highest BCUT2D eigenvalue weighted by atomic mass is 15.1. The van der Waals surface area contributed by atoms with Crippen LogP contribution in [0.25, 0.3) is 11.0 Å².